The van der Waals surface area contributed by atoms with Crippen molar-refractivity contribution in [3.8, 4) is 0 Å². The van der Waals surface area contributed by atoms with Gasteiger partial charge in [-0.2, -0.15) is 0 Å². The zero-order chi connectivity index (χ0) is 7.15. The normalized spacial score (nSPS) is 8.00. The molecule has 0 saturated heterocycles. The van der Waals surface area contributed by atoms with Gasteiger partial charge in [0.05, 0.1) is 0 Å². The van der Waals surface area contributed by atoms with Gasteiger partial charge >= 0.3 is 0 Å². The minimum atomic E-state index is 0. The molecule has 1 heteroatoms. The lowest BCUT2D eigenvalue weighted by Crippen LogP contribution is -1.66. The number of hydrogen-bond donors (Lipinski definition) is 0. The third-order valence-corrected chi connectivity index (χ3v) is 0. The molecule has 9 heavy (non-hydrogen) atoms. The minimum Gasteiger partial charge on any atom is -0.0630 e. The van der Waals surface area contributed by atoms with Crippen molar-refractivity contribution in [1.82, 2.24) is 0 Å². The Labute approximate surface area is 62.6 Å². The summed E-state index contributed by atoms with van der Waals surface area (Å²) in [6, 6.07) is 0. The van der Waals surface area contributed by atoms with Gasteiger partial charge in [-0.25, -0.2) is 0 Å². The lowest BCUT2D eigenvalue weighted by molar-refractivity contribution is 0.736. The molecule has 0 heterocycles. The van der Waals surface area contributed by atoms with Crippen molar-refractivity contribution in [2.75, 3.05) is 0 Å². The first kappa shape index (κ1) is 16.0. The van der Waals surface area contributed by atoms with Gasteiger partial charge in [0.2, 0.25) is 0 Å². The topological polar surface area (TPSA) is 0 Å². The maximum absolute atomic E-state index is 2.17. The van der Waals surface area contributed by atoms with Crippen molar-refractivity contribution in [2.24, 2.45) is 11.8 Å². The molecule has 3 radical (unpaired) electrons. The Kier molecular flexibility index (Phi) is 19.5. The summed E-state index contributed by atoms with van der Waals surface area (Å²) in [5, 5.41) is 0. The molecule has 0 atom stereocenters. The summed E-state index contributed by atoms with van der Waals surface area (Å²) in [7, 11) is 0. The zero-order valence-corrected chi connectivity index (χ0v) is 7.73. The molecule has 0 aliphatic rings. The standard InChI is InChI=1S/2C4H10.B/c2*1-4(2)3;/h2*4H,1-3H3;. The van der Waals surface area contributed by atoms with Crippen LogP contribution in [-0.4, -0.2) is 8.41 Å². The van der Waals surface area contributed by atoms with Crippen molar-refractivity contribution in [1.29, 1.82) is 0 Å². The van der Waals surface area contributed by atoms with Gasteiger partial charge in [0.25, 0.3) is 0 Å². The van der Waals surface area contributed by atoms with Gasteiger partial charge in [-0.1, -0.05) is 41.5 Å². The van der Waals surface area contributed by atoms with Crippen molar-refractivity contribution in [3.05, 3.63) is 0 Å². The molecule has 0 spiro atoms. The van der Waals surface area contributed by atoms with Crippen LogP contribution in [0.2, 0.25) is 0 Å². The fraction of sp³-hybridized carbons (Fsp3) is 1.00. The molecular weight excluding hydrogens is 107 g/mol. The van der Waals surface area contributed by atoms with Crippen LogP contribution >= 0.6 is 0 Å². The maximum atomic E-state index is 2.17. The molecule has 0 amide bonds. The highest BCUT2D eigenvalue weighted by Crippen LogP contribution is 1.81. The van der Waals surface area contributed by atoms with Gasteiger partial charge in [0.1, 0.15) is 0 Å². The van der Waals surface area contributed by atoms with Crippen LogP contribution in [0.15, 0.2) is 0 Å². The molecule has 0 nitrogen and oxygen atoms in total. The third-order valence-electron chi connectivity index (χ3n) is 0. The molecule has 0 aromatic carbocycles. The average Bonchev–Trinajstić information content (AvgIpc) is 1.25. The predicted octanol–water partition coefficient (Wildman–Crippen LogP) is 2.94. The van der Waals surface area contributed by atoms with Gasteiger partial charge in [-0.15, -0.1) is 0 Å². The summed E-state index contributed by atoms with van der Waals surface area (Å²) in [6.45, 7) is 13.0. The van der Waals surface area contributed by atoms with E-state index in [2.05, 4.69) is 41.5 Å². The van der Waals surface area contributed by atoms with Crippen molar-refractivity contribution in [2.45, 2.75) is 41.5 Å². The largest absolute Gasteiger partial charge is 0.0630 e. The van der Waals surface area contributed by atoms with Gasteiger partial charge in [-0.05, 0) is 11.8 Å². The summed E-state index contributed by atoms with van der Waals surface area (Å²) in [5.74, 6) is 1.67. The summed E-state index contributed by atoms with van der Waals surface area (Å²) in [4.78, 5) is 0. The summed E-state index contributed by atoms with van der Waals surface area (Å²) in [5.41, 5.74) is 0. The molecule has 0 rings (SSSR count). The van der Waals surface area contributed by atoms with Crippen LogP contribution in [0.3, 0.4) is 0 Å². The first-order valence-electron chi connectivity index (χ1n) is 3.46. The molecule has 0 aliphatic heterocycles. The second-order valence-corrected chi connectivity index (χ2v) is 3.46. The molecule has 0 N–H and O–H groups in total. The number of rotatable bonds is 0. The summed E-state index contributed by atoms with van der Waals surface area (Å²) < 4.78 is 0. The Morgan fingerprint density at radius 3 is 0.556 bits per heavy atom. The Bertz CT molecular complexity index is 20.0. The number of hydrogen-bond acceptors (Lipinski definition) is 0. The molecule has 0 saturated carbocycles. The molecule has 0 aliphatic carbocycles. The Morgan fingerprint density at radius 1 is 0.556 bits per heavy atom. The summed E-state index contributed by atoms with van der Waals surface area (Å²) in [6.07, 6.45) is 0. The van der Waals surface area contributed by atoms with Crippen LogP contribution in [0.4, 0.5) is 0 Å². The zero-order valence-electron chi connectivity index (χ0n) is 7.73. The van der Waals surface area contributed by atoms with Crippen molar-refractivity contribution < 1.29 is 0 Å². The molecule has 0 fully saturated rings. The van der Waals surface area contributed by atoms with Crippen LogP contribution in [0.25, 0.3) is 0 Å². The van der Waals surface area contributed by atoms with E-state index in [0.29, 0.717) is 0 Å². The quantitative estimate of drug-likeness (QED) is 0.439. The second-order valence-electron chi connectivity index (χ2n) is 3.46. The van der Waals surface area contributed by atoms with Crippen LogP contribution < -0.4 is 0 Å². The van der Waals surface area contributed by atoms with Gasteiger partial charge in [0.15, 0.2) is 0 Å². The first-order chi connectivity index (χ1) is 3.46. The van der Waals surface area contributed by atoms with E-state index in [-0.39, 0.29) is 8.41 Å². The fourth-order valence-electron chi connectivity index (χ4n) is 0. The predicted molar refractivity (Wildman–Crippen MR) is 46.8 cm³/mol. The maximum Gasteiger partial charge on any atom is 0 e. The minimum absolute atomic E-state index is 0. The monoisotopic (exact) mass is 127 g/mol. The van der Waals surface area contributed by atoms with Gasteiger partial charge < -0.3 is 0 Å². The van der Waals surface area contributed by atoms with E-state index >= 15 is 0 Å². The van der Waals surface area contributed by atoms with E-state index in [1.54, 1.807) is 0 Å². The third kappa shape index (κ3) is 70400. The van der Waals surface area contributed by atoms with Crippen LogP contribution in [-0.2, 0) is 0 Å². The first-order valence-corrected chi connectivity index (χ1v) is 3.46. The van der Waals surface area contributed by atoms with Gasteiger partial charge in [0, 0.05) is 8.41 Å². The molecule has 0 aromatic rings. The van der Waals surface area contributed by atoms with Gasteiger partial charge in [-0.3, -0.25) is 0 Å². The van der Waals surface area contributed by atoms with E-state index in [9.17, 15) is 0 Å². The molecule has 0 aromatic heterocycles. The molecule has 0 unspecified atom stereocenters. The Hall–Kier alpha value is 0.0649. The van der Waals surface area contributed by atoms with Crippen LogP contribution in [0, 0.1) is 11.8 Å². The van der Waals surface area contributed by atoms with E-state index in [1.807, 2.05) is 0 Å². The SMILES string of the molecule is CC(C)C.CC(C)C.[B]. The highest BCUT2D eigenvalue weighted by molar-refractivity contribution is 5.75. The highest BCUT2D eigenvalue weighted by atomic mass is 13.7. The van der Waals surface area contributed by atoms with E-state index in [0.717, 1.165) is 11.8 Å². The lowest BCUT2D eigenvalue weighted by atomic mass is 10.3. The smallest absolute Gasteiger partial charge is 0 e. The molecular formula is C8H20B. The Balaban J connectivity index is -0.0000000720. The van der Waals surface area contributed by atoms with Crippen LogP contribution in [0.5, 0.6) is 0 Å². The van der Waals surface area contributed by atoms with E-state index in [4.69, 9.17) is 0 Å². The van der Waals surface area contributed by atoms with Crippen LogP contribution in [0.1, 0.15) is 41.5 Å². The Morgan fingerprint density at radius 2 is 0.556 bits per heavy atom. The van der Waals surface area contributed by atoms with E-state index in [1.165, 1.54) is 0 Å². The molecule has 55 valence electrons. The average molecular weight is 127 g/mol. The van der Waals surface area contributed by atoms with Crippen molar-refractivity contribution >= 4 is 8.41 Å². The second kappa shape index (κ2) is 10.9. The highest BCUT2D eigenvalue weighted by Gasteiger charge is 1.68. The van der Waals surface area contributed by atoms with Crippen molar-refractivity contribution in [3.63, 3.8) is 0 Å². The van der Waals surface area contributed by atoms with E-state index < -0.39 is 0 Å². The molecule has 0 bridgehead atoms. The lowest BCUT2D eigenvalue weighted by Gasteiger charge is -1.79. The summed E-state index contributed by atoms with van der Waals surface area (Å²) >= 11 is 0. The fourth-order valence-corrected chi connectivity index (χ4v) is 0.